The smallest absolute Gasteiger partial charge is 0.323 e. The van der Waals surface area contributed by atoms with Crippen LogP contribution in [0, 0.1) is 0 Å². The maximum absolute atomic E-state index is 12.0. The van der Waals surface area contributed by atoms with Crippen LogP contribution in [-0.2, 0) is 0 Å². The molecular weight excluding hydrogens is 288 g/mol. The van der Waals surface area contributed by atoms with Crippen LogP contribution >= 0.6 is 0 Å². The van der Waals surface area contributed by atoms with Gasteiger partial charge in [0.2, 0.25) is 0 Å². The van der Waals surface area contributed by atoms with E-state index in [2.05, 4.69) is 21.3 Å². The summed E-state index contributed by atoms with van der Waals surface area (Å²) in [6.45, 7) is 7.34. The molecule has 1 rings (SSSR count). The molecule has 1 saturated heterocycles. The molecule has 9 nitrogen and oxygen atoms in total. The molecule has 0 spiro atoms. The Bertz CT molecular complexity index is 401. The Hall–Kier alpha value is -2.19. The minimum atomic E-state index is -0.658. The molecule has 6 amide bonds. The fourth-order valence-electron chi connectivity index (χ4n) is 2.14. The molecule has 0 aromatic rings. The van der Waals surface area contributed by atoms with Crippen LogP contribution in [0.1, 0.15) is 27.7 Å². The van der Waals surface area contributed by atoms with Crippen LogP contribution < -0.4 is 21.3 Å². The standard InChI is InChI=1S/C13H26N6O3/c1-7(2)14-11(20)16-9-10(17-12(21)15-8(3)4)19(6)13(22)18(9)5/h7-10H,1-6H3,(H2,14,16,20)(H2,15,17,21)/t9-,10-/m0/s1. The molecule has 9 heteroatoms. The lowest BCUT2D eigenvalue weighted by molar-refractivity contribution is 0.192. The number of likely N-dealkylation sites (N-methyl/N-ethyl adjacent to an activating group) is 2. The van der Waals surface area contributed by atoms with Crippen LogP contribution in [0.5, 0.6) is 0 Å². The van der Waals surface area contributed by atoms with Gasteiger partial charge in [-0.2, -0.15) is 0 Å². The number of amides is 6. The van der Waals surface area contributed by atoms with Crippen molar-refractivity contribution in [3.63, 3.8) is 0 Å². The van der Waals surface area contributed by atoms with Crippen LogP contribution in [-0.4, -0.2) is 66.4 Å². The quantitative estimate of drug-likeness (QED) is 0.589. The fourth-order valence-corrected chi connectivity index (χ4v) is 2.14. The molecular formula is C13H26N6O3. The van der Waals surface area contributed by atoms with Crippen LogP contribution in [0.25, 0.3) is 0 Å². The molecule has 126 valence electrons. The first-order chi connectivity index (χ1) is 10.1. The first kappa shape index (κ1) is 17.9. The summed E-state index contributed by atoms with van der Waals surface area (Å²) >= 11 is 0. The normalized spacial score (nSPS) is 21.4. The highest BCUT2D eigenvalue weighted by molar-refractivity contribution is 5.82. The number of nitrogens with one attached hydrogen (secondary N) is 4. The Kier molecular flexibility index (Phi) is 5.84. The van der Waals surface area contributed by atoms with E-state index in [4.69, 9.17) is 0 Å². The van der Waals surface area contributed by atoms with Gasteiger partial charge in [0.05, 0.1) is 0 Å². The third kappa shape index (κ3) is 4.40. The maximum Gasteiger partial charge on any atom is 0.323 e. The van der Waals surface area contributed by atoms with Crippen molar-refractivity contribution in [3.8, 4) is 0 Å². The predicted octanol–water partition coefficient (Wildman–Crippen LogP) is 0.0510. The van der Waals surface area contributed by atoms with E-state index in [1.165, 1.54) is 9.80 Å². The maximum atomic E-state index is 12.0. The van der Waals surface area contributed by atoms with E-state index in [0.717, 1.165) is 0 Å². The van der Waals surface area contributed by atoms with E-state index in [1.807, 2.05) is 27.7 Å². The van der Waals surface area contributed by atoms with Crippen molar-refractivity contribution in [2.24, 2.45) is 0 Å². The molecule has 1 fully saturated rings. The Balaban J connectivity index is 2.79. The third-order valence-electron chi connectivity index (χ3n) is 3.13. The highest BCUT2D eigenvalue weighted by Crippen LogP contribution is 2.16. The van der Waals surface area contributed by atoms with E-state index < -0.39 is 24.4 Å². The number of carbonyl (C=O) groups excluding carboxylic acids is 3. The van der Waals surface area contributed by atoms with Gasteiger partial charge in [-0.05, 0) is 27.7 Å². The summed E-state index contributed by atoms with van der Waals surface area (Å²) in [6, 6.07) is -1.15. The zero-order chi connectivity index (χ0) is 17.0. The van der Waals surface area contributed by atoms with Crippen molar-refractivity contribution in [3.05, 3.63) is 0 Å². The van der Waals surface area contributed by atoms with Gasteiger partial charge in [0, 0.05) is 26.2 Å². The van der Waals surface area contributed by atoms with Gasteiger partial charge in [-0.3, -0.25) is 0 Å². The number of urea groups is 3. The Morgan fingerprint density at radius 2 is 1.18 bits per heavy atom. The van der Waals surface area contributed by atoms with Crippen LogP contribution in [0.2, 0.25) is 0 Å². The SMILES string of the molecule is CC(C)NC(=O)N[C@@H]1[C@@H](NC(=O)NC(C)C)N(C)C(=O)N1C. The van der Waals surface area contributed by atoms with Crippen molar-refractivity contribution in [1.82, 2.24) is 31.1 Å². The van der Waals surface area contributed by atoms with E-state index in [-0.39, 0.29) is 18.1 Å². The third-order valence-corrected chi connectivity index (χ3v) is 3.13. The molecule has 0 bridgehead atoms. The monoisotopic (exact) mass is 314 g/mol. The summed E-state index contributed by atoms with van der Waals surface area (Å²) in [5.41, 5.74) is 0. The highest BCUT2D eigenvalue weighted by Gasteiger charge is 2.43. The van der Waals surface area contributed by atoms with Crippen LogP contribution in [0.3, 0.4) is 0 Å². The molecule has 0 aromatic carbocycles. The van der Waals surface area contributed by atoms with E-state index in [1.54, 1.807) is 14.1 Å². The molecule has 1 heterocycles. The van der Waals surface area contributed by atoms with Crippen molar-refractivity contribution in [1.29, 1.82) is 0 Å². The van der Waals surface area contributed by atoms with Gasteiger partial charge in [0.25, 0.3) is 0 Å². The molecule has 0 radical (unpaired) electrons. The number of hydrogen-bond acceptors (Lipinski definition) is 3. The Labute approximate surface area is 130 Å². The number of nitrogens with zero attached hydrogens (tertiary/aromatic N) is 2. The molecule has 4 N–H and O–H groups in total. The van der Waals surface area contributed by atoms with Crippen molar-refractivity contribution >= 4 is 18.1 Å². The summed E-state index contributed by atoms with van der Waals surface area (Å²) in [5, 5.41) is 10.8. The van der Waals surface area contributed by atoms with Crippen molar-refractivity contribution in [2.45, 2.75) is 52.1 Å². The number of hydrogen-bond donors (Lipinski definition) is 4. The molecule has 2 atom stereocenters. The largest absolute Gasteiger partial charge is 0.336 e. The molecule has 0 aliphatic carbocycles. The van der Waals surface area contributed by atoms with Gasteiger partial charge < -0.3 is 31.1 Å². The lowest BCUT2D eigenvalue weighted by Crippen LogP contribution is -2.60. The molecule has 0 saturated carbocycles. The van der Waals surface area contributed by atoms with Gasteiger partial charge in [-0.1, -0.05) is 0 Å². The highest BCUT2D eigenvalue weighted by atomic mass is 16.2. The lowest BCUT2D eigenvalue weighted by Gasteiger charge is -2.27. The summed E-state index contributed by atoms with van der Waals surface area (Å²) in [4.78, 5) is 38.5. The predicted molar refractivity (Wildman–Crippen MR) is 82.1 cm³/mol. The van der Waals surface area contributed by atoms with Gasteiger partial charge >= 0.3 is 18.1 Å². The van der Waals surface area contributed by atoms with Gasteiger partial charge in [0.15, 0.2) is 0 Å². The van der Waals surface area contributed by atoms with Crippen molar-refractivity contribution in [2.75, 3.05) is 14.1 Å². The average Bonchev–Trinajstić information content (AvgIpc) is 2.54. The summed E-state index contributed by atoms with van der Waals surface area (Å²) < 4.78 is 0. The van der Waals surface area contributed by atoms with E-state index in [9.17, 15) is 14.4 Å². The van der Waals surface area contributed by atoms with Gasteiger partial charge in [0.1, 0.15) is 12.3 Å². The Morgan fingerprint density at radius 1 is 0.864 bits per heavy atom. The molecule has 1 aliphatic rings. The molecule has 1 aliphatic heterocycles. The van der Waals surface area contributed by atoms with E-state index >= 15 is 0 Å². The second-order valence-corrected chi connectivity index (χ2v) is 5.94. The first-order valence-corrected chi connectivity index (χ1v) is 7.27. The fraction of sp³-hybridized carbons (Fsp3) is 0.769. The van der Waals surface area contributed by atoms with Gasteiger partial charge in [-0.25, -0.2) is 14.4 Å². The summed E-state index contributed by atoms with van der Waals surface area (Å²) in [5.74, 6) is 0. The average molecular weight is 314 g/mol. The zero-order valence-corrected chi connectivity index (χ0v) is 13.9. The van der Waals surface area contributed by atoms with Crippen LogP contribution in [0.15, 0.2) is 0 Å². The summed E-state index contributed by atoms with van der Waals surface area (Å²) in [6.07, 6.45) is -1.32. The second-order valence-electron chi connectivity index (χ2n) is 5.94. The topological polar surface area (TPSA) is 106 Å². The Morgan fingerprint density at radius 3 is 1.45 bits per heavy atom. The molecule has 0 unspecified atom stereocenters. The second kappa shape index (κ2) is 7.19. The minimum absolute atomic E-state index is 0.0317. The zero-order valence-electron chi connectivity index (χ0n) is 13.9. The number of rotatable bonds is 4. The minimum Gasteiger partial charge on any atom is -0.336 e. The van der Waals surface area contributed by atoms with Crippen LogP contribution in [0.4, 0.5) is 14.4 Å². The van der Waals surface area contributed by atoms with Gasteiger partial charge in [-0.15, -0.1) is 0 Å². The molecule has 22 heavy (non-hydrogen) atoms. The number of carbonyl (C=O) groups is 3. The van der Waals surface area contributed by atoms with Crippen molar-refractivity contribution < 1.29 is 14.4 Å². The molecule has 0 aromatic heterocycles. The van der Waals surface area contributed by atoms with E-state index in [0.29, 0.717) is 0 Å². The lowest BCUT2D eigenvalue weighted by atomic mass is 10.3. The first-order valence-electron chi connectivity index (χ1n) is 7.27. The summed E-state index contributed by atoms with van der Waals surface area (Å²) in [7, 11) is 3.14.